The first-order chi connectivity index (χ1) is 13.6. The van der Waals surface area contributed by atoms with Crippen molar-refractivity contribution in [1.29, 1.82) is 0 Å². The smallest absolute Gasteiger partial charge is 0.309 e. The number of nitrogens with one attached hydrogen (secondary N) is 1. The molecule has 12 heteroatoms. The van der Waals surface area contributed by atoms with Gasteiger partial charge in [0, 0.05) is 11.1 Å². The fourth-order valence-corrected chi connectivity index (χ4v) is 2.61. The number of H-pyrrole nitrogens is 1. The summed E-state index contributed by atoms with van der Waals surface area (Å²) in [6, 6.07) is 8.11. The van der Waals surface area contributed by atoms with Gasteiger partial charge in [0.05, 0.1) is 0 Å². The van der Waals surface area contributed by atoms with Gasteiger partial charge in [-0.2, -0.15) is 27.1 Å². The molecular formula is C17H11F5N4O3. The molecule has 2 aromatic carbocycles. The molecule has 1 N–H and O–H groups in total. The van der Waals surface area contributed by atoms with E-state index >= 15 is 0 Å². The summed E-state index contributed by atoms with van der Waals surface area (Å²) < 4.78 is 67.1. The minimum absolute atomic E-state index is 0.0511. The van der Waals surface area contributed by atoms with Gasteiger partial charge in [0.2, 0.25) is 0 Å². The quantitative estimate of drug-likeness (QED) is 0.364. The number of aromatic amines is 1. The summed E-state index contributed by atoms with van der Waals surface area (Å²) in [5.41, 5.74) is -0.971. The second-order valence-corrected chi connectivity index (χ2v) is 5.86. The van der Waals surface area contributed by atoms with Crippen LogP contribution in [0.25, 0.3) is 22.5 Å². The van der Waals surface area contributed by atoms with Crippen molar-refractivity contribution >= 4 is 0 Å². The van der Waals surface area contributed by atoms with Crippen molar-refractivity contribution < 1.29 is 31.9 Å². The van der Waals surface area contributed by atoms with E-state index in [1.807, 2.05) is 0 Å². The van der Waals surface area contributed by atoms with E-state index in [9.17, 15) is 32.1 Å². The fraction of sp³-hybridized carbons (Fsp3) is 0.176. The first-order valence-electron chi connectivity index (χ1n) is 7.91. The van der Waals surface area contributed by atoms with E-state index in [4.69, 9.17) is 0 Å². The van der Waals surface area contributed by atoms with Crippen LogP contribution in [0.3, 0.4) is 0 Å². The highest BCUT2D eigenvalue weighted by molar-refractivity contribution is 5.74. The first-order valence-corrected chi connectivity index (χ1v) is 7.91. The Labute approximate surface area is 159 Å². The highest BCUT2D eigenvalue weighted by atomic mass is 19.4. The first kappa shape index (κ1) is 20.2. The Hall–Kier alpha value is -3.57. The van der Waals surface area contributed by atoms with Crippen molar-refractivity contribution in [3.8, 4) is 22.5 Å². The van der Waals surface area contributed by atoms with E-state index in [2.05, 4.69) is 20.0 Å². The van der Waals surface area contributed by atoms with E-state index < -0.39 is 29.4 Å². The van der Waals surface area contributed by atoms with E-state index in [1.54, 1.807) is 0 Å². The molecule has 0 bridgehead atoms. The molecule has 1 aromatic heterocycles. The van der Waals surface area contributed by atoms with Crippen molar-refractivity contribution in [2.45, 2.75) is 18.7 Å². The molecule has 0 aliphatic rings. The summed E-state index contributed by atoms with van der Waals surface area (Å²) >= 11 is 0. The summed E-state index contributed by atoms with van der Waals surface area (Å²) in [6.07, 6.45) is -4.63. The lowest BCUT2D eigenvalue weighted by atomic mass is 9.92. The Balaban J connectivity index is 2.09. The van der Waals surface area contributed by atoms with E-state index in [1.165, 1.54) is 24.3 Å². The third-order valence-corrected chi connectivity index (χ3v) is 4.00. The summed E-state index contributed by atoms with van der Waals surface area (Å²) in [7, 11) is 0. The second kappa shape index (κ2) is 7.45. The van der Waals surface area contributed by atoms with Crippen molar-refractivity contribution in [2.24, 2.45) is 0 Å². The van der Waals surface area contributed by atoms with Crippen molar-refractivity contribution in [2.75, 3.05) is 0 Å². The van der Waals surface area contributed by atoms with Crippen LogP contribution in [-0.4, -0.2) is 26.4 Å². The van der Waals surface area contributed by atoms with Crippen LogP contribution in [0.4, 0.5) is 22.0 Å². The van der Waals surface area contributed by atoms with Crippen LogP contribution < -0.4 is 0 Å². The zero-order valence-electron chi connectivity index (χ0n) is 14.3. The molecule has 29 heavy (non-hydrogen) atoms. The number of hydrogen-bond acceptors (Lipinski definition) is 5. The average molecular weight is 414 g/mol. The number of benzene rings is 2. The molecule has 0 saturated heterocycles. The van der Waals surface area contributed by atoms with Gasteiger partial charge in [-0.1, -0.05) is 36.4 Å². The lowest BCUT2D eigenvalue weighted by Crippen LogP contribution is -2.34. The standard InChI is InChI=1S/C17H11F5N4O3/c18-16(19,17(20,21)22)14-6-5-12(15-23-9-24-25-15)7-13(14)11-3-1-10(2-4-11)8-29-26(27)28/h1-7,9H,8H2,(H,23,24,25). The number of alkyl halides is 5. The Bertz CT molecular complexity index is 1000. The largest absolute Gasteiger partial charge is 0.458 e. The van der Waals surface area contributed by atoms with Crippen LogP contribution in [0.1, 0.15) is 11.1 Å². The number of nitrogens with zero attached hydrogens (tertiary/aromatic N) is 3. The monoisotopic (exact) mass is 414 g/mol. The maximum absolute atomic E-state index is 14.1. The highest BCUT2D eigenvalue weighted by Gasteiger charge is 2.59. The van der Waals surface area contributed by atoms with Gasteiger partial charge >= 0.3 is 12.1 Å². The van der Waals surface area contributed by atoms with Crippen LogP contribution in [0, 0.1) is 10.1 Å². The summed E-state index contributed by atoms with van der Waals surface area (Å²) in [6.45, 7) is -0.392. The minimum Gasteiger partial charge on any atom is -0.309 e. The Morgan fingerprint density at radius 2 is 1.69 bits per heavy atom. The van der Waals surface area contributed by atoms with Crippen LogP contribution in [0.2, 0.25) is 0 Å². The van der Waals surface area contributed by atoms with E-state index in [0.717, 1.165) is 18.5 Å². The van der Waals surface area contributed by atoms with Gasteiger partial charge in [0.25, 0.3) is 5.09 Å². The van der Waals surface area contributed by atoms with Gasteiger partial charge in [-0.15, -0.1) is 10.1 Å². The van der Waals surface area contributed by atoms with E-state index in [-0.39, 0.29) is 22.5 Å². The molecule has 0 amide bonds. The molecule has 3 rings (SSSR count). The Kier molecular flexibility index (Phi) is 5.18. The van der Waals surface area contributed by atoms with Gasteiger partial charge in [-0.25, -0.2) is 4.98 Å². The molecule has 0 unspecified atom stereocenters. The lowest BCUT2D eigenvalue weighted by molar-refractivity contribution is -0.763. The van der Waals surface area contributed by atoms with E-state index in [0.29, 0.717) is 11.6 Å². The lowest BCUT2D eigenvalue weighted by Gasteiger charge is -2.23. The fourth-order valence-electron chi connectivity index (χ4n) is 2.61. The third-order valence-electron chi connectivity index (χ3n) is 4.00. The number of halogens is 5. The Morgan fingerprint density at radius 1 is 1.03 bits per heavy atom. The van der Waals surface area contributed by atoms with Gasteiger partial charge in [0.1, 0.15) is 12.9 Å². The predicted molar refractivity (Wildman–Crippen MR) is 89.0 cm³/mol. The Morgan fingerprint density at radius 3 is 2.24 bits per heavy atom. The molecule has 0 fully saturated rings. The molecule has 0 aliphatic carbocycles. The normalized spacial score (nSPS) is 12.0. The molecule has 0 saturated carbocycles. The molecular weight excluding hydrogens is 403 g/mol. The molecule has 3 aromatic rings. The van der Waals surface area contributed by atoms with Gasteiger partial charge in [-0.05, 0) is 22.8 Å². The predicted octanol–water partition coefficient (Wildman–Crippen LogP) is 4.50. The maximum Gasteiger partial charge on any atom is 0.458 e. The highest BCUT2D eigenvalue weighted by Crippen LogP contribution is 2.47. The van der Waals surface area contributed by atoms with Crippen LogP contribution >= 0.6 is 0 Å². The number of hydrogen-bond donors (Lipinski definition) is 1. The third kappa shape index (κ3) is 4.15. The summed E-state index contributed by atoms with van der Waals surface area (Å²) in [4.78, 5) is 18.3. The molecule has 152 valence electrons. The van der Waals surface area contributed by atoms with Crippen molar-refractivity contribution in [1.82, 2.24) is 15.2 Å². The molecule has 0 atom stereocenters. The molecule has 1 heterocycles. The minimum atomic E-state index is -5.80. The van der Waals surface area contributed by atoms with Gasteiger partial charge in [-0.3, -0.25) is 5.10 Å². The van der Waals surface area contributed by atoms with Gasteiger partial charge in [0.15, 0.2) is 5.82 Å². The van der Waals surface area contributed by atoms with Crippen LogP contribution in [-0.2, 0) is 17.4 Å². The summed E-state index contributed by atoms with van der Waals surface area (Å²) in [5.74, 6) is -4.92. The topological polar surface area (TPSA) is 93.9 Å². The van der Waals surface area contributed by atoms with Gasteiger partial charge < -0.3 is 4.84 Å². The van der Waals surface area contributed by atoms with Crippen molar-refractivity contribution in [3.63, 3.8) is 0 Å². The molecule has 7 nitrogen and oxygen atoms in total. The second-order valence-electron chi connectivity index (χ2n) is 5.86. The SMILES string of the molecule is O=[N+]([O-])OCc1ccc(-c2cc(-c3ncn[nH]3)ccc2C(F)(F)C(F)(F)F)cc1. The number of rotatable bonds is 6. The van der Waals surface area contributed by atoms with Crippen LogP contribution in [0.15, 0.2) is 48.8 Å². The summed E-state index contributed by atoms with van der Waals surface area (Å²) in [5, 5.41) is 15.4. The maximum atomic E-state index is 14.1. The van der Waals surface area contributed by atoms with Crippen LogP contribution in [0.5, 0.6) is 0 Å². The van der Waals surface area contributed by atoms with Crippen molar-refractivity contribution in [3.05, 3.63) is 70.0 Å². The zero-order chi connectivity index (χ0) is 21.2. The molecule has 0 aliphatic heterocycles. The average Bonchev–Trinajstić information content (AvgIpc) is 3.20. The number of aromatic nitrogens is 3. The molecule has 0 spiro atoms. The zero-order valence-corrected chi connectivity index (χ0v) is 14.3. The molecule has 0 radical (unpaired) electrons.